The Morgan fingerprint density at radius 3 is 2.50 bits per heavy atom. The zero-order valence-corrected chi connectivity index (χ0v) is 11.7. The molecule has 0 aliphatic heterocycles. The maximum atomic E-state index is 11.3. The molecule has 0 fully saturated rings. The molecule has 2 heteroatoms. The van der Waals surface area contributed by atoms with Crippen LogP contribution in [0.1, 0.15) is 38.7 Å². The van der Waals surface area contributed by atoms with Crippen LogP contribution < -0.4 is 0 Å². The highest BCUT2D eigenvalue weighted by Gasteiger charge is 2.23. The monoisotopic (exact) mass is 262 g/mol. The summed E-state index contributed by atoms with van der Waals surface area (Å²) >= 11 is 5.90. The minimum absolute atomic E-state index is 0.640. The van der Waals surface area contributed by atoms with E-state index in [1.54, 1.807) is 0 Å². The van der Waals surface area contributed by atoms with Crippen LogP contribution in [-0.2, 0) is 4.79 Å². The van der Waals surface area contributed by atoms with Gasteiger partial charge in [-0.3, -0.25) is 4.79 Å². The maximum absolute atomic E-state index is 11.3. The van der Waals surface area contributed by atoms with Gasteiger partial charge in [0.15, 0.2) is 0 Å². The molecule has 1 aliphatic rings. The zero-order chi connectivity index (χ0) is 13.1. The van der Waals surface area contributed by atoms with Gasteiger partial charge in [-0.25, -0.2) is 0 Å². The predicted octanol–water partition coefficient (Wildman–Crippen LogP) is 4.75. The summed E-state index contributed by atoms with van der Waals surface area (Å²) in [5.41, 5.74) is 3.32. The molecular formula is C16H19ClO. The SMILES string of the molecule is CC(C)C1CCC(c2ccc(Cl)cc2)=C(C=O)C1. The second-order valence-electron chi connectivity index (χ2n) is 5.38. The average Bonchev–Trinajstić information content (AvgIpc) is 2.39. The van der Waals surface area contributed by atoms with Gasteiger partial charge in [0.2, 0.25) is 0 Å². The molecule has 0 bridgehead atoms. The number of benzene rings is 1. The number of hydrogen-bond donors (Lipinski definition) is 0. The quantitative estimate of drug-likeness (QED) is 0.719. The summed E-state index contributed by atoms with van der Waals surface area (Å²) in [6, 6.07) is 7.80. The number of halogens is 1. The topological polar surface area (TPSA) is 17.1 Å². The third-order valence-electron chi connectivity index (χ3n) is 3.91. The Labute approximate surface area is 114 Å². The van der Waals surface area contributed by atoms with Gasteiger partial charge in [-0.15, -0.1) is 0 Å². The molecule has 96 valence electrons. The Morgan fingerprint density at radius 1 is 1.28 bits per heavy atom. The molecule has 0 heterocycles. The van der Waals surface area contributed by atoms with Crippen LogP contribution in [0.15, 0.2) is 29.8 Å². The van der Waals surface area contributed by atoms with E-state index in [2.05, 4.69) is 13.8 Å². The van der Waals surface area contributed by atoms with Crippen molar-refractivity contribution in [2.24, 2.45) is 11.8 Å². The van der Waals surface area contributed by atoms with Crippen molar-refractivity contribution in [2.75, 3.05) is 0 Å². The van der Waals surface area contributed by atoms with Crippen LogP contribution in [0.2, 0.25) is 5.02 Å². The van der Waals surface area contributed by atoms with E-state index >= 15 is 0 Å². The highest BCUT2D eigenvalue weighted by atomic mass is 35.5. The van der Waals surface area contributed by atoms with E-state index < -0.39 is 0 Å². The van der Waals surface area contributed by atoms with Gasteiger partial charge >= 0.3 is 0 Å². The molecule has 1 aliphatic carbocycles. The summed E-state index contributed by atoms with van der Waals surface area (Å²) in [6.45, 7) is 4.47. The van der Waals surface area contributed by atoms with Crippen molar-refractivity contribution in [2.45, 2.75) is 33.1 Å². The number of hydrogen-bond acceptors (Lipinski definition) is 1. The first-order valence-corrected chi connectivity index (χ1v) is 6.92. The summed E-state index contributed by atoms with van der Waals surface area (Å²) in [4.78, 5) is 11.3. The van der Waals surface area contributed by atoms with E-state index in [1.807, 2.05) is 24.3 Å². The molecule has 1 unspecified atom stereocenters. The molecule has 1 aromatic rings. The third kappa shape index (κ3) is 2.84. The summed E-state index contributed by atoms with van der Waals surface area (Å²) in [5, 5.41) is 0.739. The summed E-state index contributed by atoms with van der Waals surface area (Å²) in [7, 11) is 0. The van der Waals surface area contributed by atoms with E-state index in [0.717, 1.165) is 35.3 Å². The van der Waals surface area contributed by atoms with Crippen LogP contribution in [0, 0.1) is 11.8 Å². The van der Waals surface area contributed by atoms with Gasteiger partial charge in [0, 0.05) is 5.02 Å². The third-order valence-corrected chi connectivity index (χ3v) is 4.16. The first kappa shape index (κ1) is 13.4. The second-order valence-corrected chi connectivity index (χ2v) is 5.81. The van der Waals surface area contributed by atoms with Crippen molar-refractivity contribution in [3.05, 3.63) is 40.4 Å². The molecule has 0 radical (unpaired) electrons. The van der Waals surface area contributed by atoms with Crippen LogP contribution in [0.4, 0.5) is 0 Å². The lowest BCUT2D eigenvalue weighted by atomic mass is 9.77. The van der Waals surface area contributed by atoms with Crippen LogP contribution in [-0.4, -0.2) is 6.29 Å². The van der Waals surface area contributed by atoms with E-state index in [-0.39, 0.29) is 0 Å². The fraction of sp³-hybridized carbons (Fsp3) is 0.438. The summed E-state index contributed by atoms with van der Waals surface area (Å²) in [5.74, 6) is 1.29. The molecule has 0 spiro atoms. The van der Waals surface area contributed by atoms with Crippen LogP contribution >= 0.6 is 11.6 Å². The van der Waals surface area contributed by atoms with Crippen LogP contribution in [0.5, 0.6) is 0 Å². The van der Waals surface area contributed by atoms with Gasteiger partial charge in [-0.1, -0.05) is 37.6 Å². The highest BCUT2D eigenvalue weighted by Crippen LogP contribution is 2.37. The molecule has 1 nitrogen and oxygen atoms in total. The molecule has 1 atom stereocenters. The first-order valence-electron chi connectivity index (χ1n) is 6.55. The normalized spacial score (nSPS) is 20.3. The first-order chi connectivity index (χ1) is 8.61. The Kier molecular flexibility index (Phi) is 4.23. The van der Waals surface area contributed by atoms with Gasteiger partial charge in [-0.2, -0.15) is 0 Å². The largest absolute Gasteiger partial charge is 0.298 e. The number of rotatable bonds is 3. The predicted molar refractivity (Wildman–Crippen MR) is 76.6 cm³/mol. The maximum Gasteiger partial charge on any atom is 0.146 e. The van der Waals surface area contributed by atoms with Crippen molar-refractivity contribution >= 4 is 23.5 Å². The number of aldehydes is 1. The fourth-order valence-electron chi connectivity index (χ4n) is 2.67. The lowest BCUT2D eigenvalue weighted by Crippen LogP contribution is -2.16. The number of carbonyl (C=O) groups excluding carboxylic acids is 1. The van der Waals surface area contributed by atoms with Crippen LogP contribution in [0.3, 0.4) is 0 Å². The zero-order valence-electron chi connectivity index (χ0n) is 10.9. The van der Waals surface area contributed by atoms with Crippen LogP contribution in [0.25, 0.3) is 5.57 Å². The standard InChI is InChI=1S/C16H19ClO/c1-11(2)13-5-8-16(14(9-13)10-18)12-3-6-15(17)7-4-12/h3-4,6-7,10-11,13H,5,8-9H2,1-2H3. The van der Waals surface area contributed by atoms with Crippen molar-refractivity contribution in [3.63, 3.8) is 0 Å². The minimum atomic E-state index is 0.640. The van der Waals surface area contributed by atoms with Gasteiger partial charge in [0.05, 0.1) is 0 Å². The highest BCUT2D eigenvalue weighted by molar-refractivity contribution is 6.30. The van der Waals surface area contributed by atoms with Gasteiger partial charge in [0.1, 0.15) is 6.29 Å². The summed E-state index contributed by atoms with van der Waals surface area (Å²) in [6.07, 6.45) is 4.13. The molecule has 0 amide bonds. The second kappa shape index (κ2) is 5.71. The Balaban J connectivity index is 2.30. The van der Waals surface area contributed by atoms with Crippen molar-refractivity contribution in [1.82, 2.24) is 0 Å². The van der Waals surface area contributed by atoms with Gasteiger partial charge in [-0.05, 0) is 59.9 Å². The van der Waals surface area contributed by atoms with E-state index in [9.17, 15) is 4.79 Å². The van der Waals surface area contributed by atoms with E-state index in [4.69, 9.17) is 11.6 Å². The summed E-state index contributed by atoms with van der Waals surface area (Å²) < 4.78 is 0. The van der Waals surface area contributed by atoms with Crippen molar-refractivity contribution < 1.29 is 4.79 Å². The molecule has 2 rings (SSSR count). The lowest BCUT2D eigenvalue weighted by molar-refractivity contribution is -0.105. The van der Waals surface area contributed by atoms with Crippen molar-refractivity contribution in [1.29, 1.82) is 0 Å². The molecule has 18 heavy (non-hydrogen) atoms. The smallest absolute Gasteiger partial charge is 0.146 e. The van der Waals surface area contributed by atoms with E-state index in [0.29, 0.717) is 11.8 Å². The lowest BCUT2D eigenvalue weighted by Gasteiger charge is -2.28. The van der Waals surface area contributed by atoms with Crippen molar-refractivity contribution in [3.8, 4) is 0 Å². The average molecular weight is 263 g/mol. The fourth-order valence-corrected chi connectivity index (χ4v) is 2.79. The number of carbonyl (C=O) groups is 1. The Bertz CT molecular complexity index is 456. The van der Waals surface area contributed by atoms with Gasteiger partial charge in [0.25, 0.3) is 0 Å². The Morgan fingerprint density at radius 2 is 1.94 bits per heavy atom. The Hall–Kier alpha value is -1.08. The van der Waals surface area contributed by atoms with Gasteiger partial charge < -0.3 is 0 Å². The minimum Gasteiger partial charge on any atom is -0.298 e. The molecular weight excluding hydrogens is 244 g/mol. The molecule has 0 aromatic heterocycles. The number of allylic oxidation sites excluding steroid dienone is 2. The molecule has 0 saturated heterocycles. The molecule has 0 N–H and O–H groups in total. The molecule has 1 aromatic carbocycles. The molecule has 0 saturated carbocycles. The van der Waals surface area contributed by atoms with E-state index in [1.165, 1.54) is 12.0 Å².